The maximum atomic E-state index is 12.9. The molecule has 2 aromatic rings. The van der Waals surface area contributed by atoms with E-state index >= 15 is 0 Å². The lowest BCUT2D eigenvalue weighted by atomic mass is 10.0. The molecule has 106 valence electrons. The zero-order valence-electron chi connectivity index (χ0n) is 12.1. The van der Waals surface area contributed by atoms with Crippen LogP contribution in [0.25, 0.3) is 0 Å². The van der Waals surface area contributed by atoms with Crippen LogP contribution in [0.3, 0.4) is 0 Å². The van der Waals surface area contributed by atoms with E-state index in [-0.39, 0.29) is 5.82 Å². The molecule has 0 amide bonds. The van der Waals surface area contributed by atoms with Gasteiger partial charge in [0.15, 0.2) is 0 Å². The molecule has 2 rings (SSSR count). The molecular formula is C17H20FNO. The Hall–Kier alpha value is -1.87. The highest BCUT2D eigenvalue weighted by Crippen LogP contribution is 2.22. The molecule has 1 atom stereocenters. The van der Waals surface area contributed by atoms with E-state index in [1.54, 1.807) is 12.1 Å². The van der Waals surface area contributed by atoms with Crippen LogP contribution < -0.4 is 4.90 Å². The van der Waals surface area contributed by atoms with Crippen LogP contribution in [0.4, 0.5) is 10.1 Å². The van der Waals surface area contributed by atoms with E-state index in [2.05, 4.69) is 0 Å². The average Bonchev–Trinajstić information content (AvgIpc) is 2.42. The molecule has 1 unspecified atom stereocenters. The van der Waals surface area contributed by atoms with Crippen molar-refractivity contribution in [3.8, 4) is 0 Å². The highest BCUT2D eigenvalue weighted by Gasteiger charge is 2.13. The first-order valence-electron chi connectivity index (χ1n) is 6.69. The number of likely N-dealkylation sites (N-methyl/N-ethyl adjacent to an activating group) is 1. The van der Waals surface area contributed by atoms with E-state index in [9.17, 15) is 9.50 Å². The largest absolute Gasteiger partial charge is 0.387 e. The van der Waals surface area contributed by atoms with Crippen LogP contribution in [-0.2, 0) is 0 Å². The predicted octanol–water partition coefficient (Wildman–Crippen LogP) is 3.61. The molecule has 0 spiro atoms. The number of anilines is 1. The summed E-state index contributed by atoms with van der Waals surface area (Å²) in [6, 6.07) is 12.3. The fraction of sp³-hybridized carbons (Fsp3) is 0.294. The summed E-state index contributed by atoms with van der Waals surface area (Å²) in [6.45, 7) is 4.48. The minimum Gasteiger partial charge on any atom is -0.387 e. The smallest absolute Gasteiger partial charge is 0.123 e. The van der Waals surface area contributed by atoms with Gasteiger partial charge in [-0.25, -0.2) is 4.39 Å². The summed E-state index contributed by atoms with van der Waals surface area (Å²) in [7, 11) is 1.89. The molecule has 1 N–H and O–H groups in total. The van der Waals surface area contributed by atoms with Gasteiger partial charge in [-0.3, -0.25) is 0 Å². The third-order valence-electron chi connectivity index (χ3n) is 3.51. The molecule has 2 nitrogen and oxygen atoms in total. The van der Waals surface area contributed by atoms with Gasteiger partial charge in [0.25, 0.3) is 0 Å². The topological polar surface area (TPSA) is 23.5 Å². The molecule has 0 aliphatic heterocycles. The molecule has 0 aliphatic rings. The summed E-state index contributed by atoms with van der Waals surface area (Å²) in [5.41, 5.74) is 4.04. The van der Waals surface area contributed by atoms with Crippen LogP contribution in [0.5, 0.6) is 0 Å². The van der Waals surface area contributed by atoms with Crippen molar-refractivity contribution in [3.05, 3.63) is 65.0 Å². The monoisotopic (exact) mass is 273 g/mol. The lowest BCUT2D eigenvalue weighted by Gasteiger charge is -2.24. The Morgan fingerprint density at radius 1 is 1.10 bits per heavy atom. The van der Waals surface area contributed by atoms with Crippen molar-refractivity contribution in [2.75, 3.05) is 18.5 Å². The van der Waals surface area contributed by atoms with Gasteiger partial charge in [-0.15, -0.1) is 0 Å². The molecule has 0 aromatic heterocycles. The Balaban J connectivity index is 2.12. The fourth-order valence-electron chi connectivity index (χ4n) is 2.28. The highest BCUT2D eigenvalue weighted by atomic mass is 19.1. The maximum Gasteiger partial charge on any atom is 0.123 e. The Morgan fingerprint density at radius 2 is 1.75 bits per heavy atom. The van der Waals surface area contributed by atoms with Crippen molar-refractivity contribution in [3.63, 3.8) is 0 Å². The van der Waals surface area contributed by atoms with Gasteiger partial charge in [-0.2, -0.15) is 0 Å². The van der Waals surface area contributed by atoms with Crippen LogP contribution >= 0.6 is 0 Å². The number of aliphatic hydroxyl groups is 1. The van der Waals surface area contributed by atoms with Gasteiger partial charge < -0.3 is 10.0 Å². The number of nitrogens with zero attached hydrogens (tertiary/aromatic N) is 1. The second-order valence-corrected chi connectivity index (χ2v) is 5.23. The van der Waals surface area contributed by atoms with E-state index in [0.717, 1.165) is 22.4 Å². The van der Waals surface area contributed by atoms with Gasteiger partial charge in [0.2, 0.25) is 0 Å². The zero-order valence-corrected chi connectivity index (χ0v) is 12.1. The number of benzene rings is 2. The molecule has 20 heavy (non-hydrogen) atoms. The molecular weight excluding hydrogens is 253 g/mol. The normalized spacial score (nSPS) is 12.2. The van der Waals surface area contributed by atoms with Gasteiger partial charge in [0.1, 0.15) is 5.82 Å². The Labute approximate surface area is 119 Å². The number of hydrogen-bond donors (Lipinski definition) is 1. The van der Waals surface area contributed by atoms with Crippen LogP contribution in [-0.4, -0.2) is 18.7 Å². The summed E-state index contributed by atoms with van der Waals surface area (Å²) < 4.78 is 12.9. The first kappa shape index (κ1) is 14.5. The van der Waals surface area contributed by atoms with Gasteiger partial charge in [0, 0.05) is 19.3 Å². The molecule has 0 fully saturated rings. The zero-order chi connectivity index (χ0) is 14.7. The summed E-state index contributed by atoms with van der Waals surface area (Å²) in [6.07, 6.45) is -0.565. The quantitative estimate of drug-likeness (QED) is 0.920. The van der Waals surface area contributed by atoms with Crippen LogP contribution in [0.2, 0.25) is 0 Å². The Kier molecular flexibility index (Phi) is 4.40. The second-order valence-electron chi connectivity index (χ2n) is 5.23. The van der Waals surface area contributed by atoms with Gasteiger partial charge in [-0.1, -0.05) is 23.8 Å². The van der Waals surface area contributed by atoms with Crippen molar-refractivity contribution in [1.29, 1.82) is 0 Å². The number of aliphatic hydroxyl groups excluding tert-OH is 1. The summed E-state index contributed by atoms with van der Waals surface area (Å²) >= 11 is 0. The fourth-order valence-corrected chi connectivity index (χ4v) is 2.28. The number of aryl methyl sites for hydroxylation is 2. The van der Waals surface area contributed by atoms with Crippen molar-refractivity contribution in [1.82, 2.24) is 0 Å². The lowest BCUT2D eigenvalue weighted by molar-refractivity contribution is 0.184. The van der Waals surface area contributed by atoms with Gasteiger partial charge in [0.05, 0.1) is 6.10 Å². The number of halogens is 1. The van der Waals surface area contributed by atoms with Gasteiger partial charge >= 0.3 is 0 Å². The minimum absolute atomic E-state index is 0.253. The Bertz CT molecular complexity index is 580. The molecule has 0 heterocycles. The molecule has 0 saturated carbocycles. The van der Waals surface area contributed by atoms with E-state index in [4.69, 9.17) is 0 Å². The third kappa shape index (κ3) is 3.36. The van der Waals surface area contributed by atoms with Crippen LogP contribution in [0, 0.1) is 19.7 Å². The van der Waals surface area contributed by atoms with E-state index in [1.807, 2.05) is 44.0 Å². The predicted molar refractivity (Wildman–Crippen MR) is 80.5 cm³/mol. The lowest BCUT2D eigenvalue weighted by Crippen LogP contribution is -2.24. The minimum atomic E-state index is -0.565. The average molecular weight is 273 g/mol. The number of rotatable bonds is 4. The van der Waals surface area contributed by atoms with E-state index in [0.29, 0.717) is 6.54 Å². The summed E-state index contributed by atoms with van der Waals surface area (Å²) in [4.78, 5) is 1.92. The molecule has 0 aliphatic carbocycles. The number of hydrogen-bond acceptors (Lipinski definition) is 2. The molecule has 3 heteroatoms. The SMILES string of the molecule is Cc1ccc(C)c(C(O)CN(C)c2ccc(F)cc2)c1. The van der Waals surface area contributed by atoms with Crippen molar-refractivity contribution in [2.45, 2.75) is 20.0 Å². The standard InChI is InChI=1S/C17H20FNO/c1-12-4-5-13(2)16(10-12)17(20)11-19(3)15-8-6-14(18)7-9-15/h4-10,17,20H,11H2,1-3H3. The first-order chi connectivity index (χ1) is 9.47. The molecule has 0 radical (unpaired) electrons. The Morgan fingerprint density at radius 3 is 2.40 bits per heavy atom. The van der Waals surface area contributed by atoms with E-state index < -0.39 is 6.10 Å². The molecule has 0 saturated heterocycles. The summed E-state index contributed by atoms with van der Waals surface area (Å²) in [5.74, 6) is -0.253. The summed E-state index contributed by atoms with van der Waals surface area (Å²) in [5, 5.41) is 10.4. The van der Waals surface area contributed by atoms with E-state index in [1.165, 1.54) is 12.1 Å². The van der Waals surface area contributed by atoms with Crippen LogP contribution in [0.1, 0.15) is 22.8 Å². The van der Waals surface area contributed by atoms with Crippen molar-refractivity contribution >= 4 is 5.69 Å². The maximum absolute atomic E-state index is 12.9. The van der Waals surface area contributed by atoms with Crippen LogP contribution in [0.15, 0.2) is 42.5 Å². The first-order valence-corrected chi connectivity index (χ1v) is 6.69. The molecule has 2 aromatic carbocycles. The van der Waals surface area contributed by atoms with Crippen molar-refractivity contribution in [2.24, 2.45) is 0 Å². The second kappa shape index (κ2) is 6.06. The highest BCUT2D eigenvalue weighted by molar-refractivity contribution is 5.46. The molecule has 0 bridgehead atoms. The third-order valence-corrected chi connectivity index (χ3v) is 3.51. The van der Waals surface area contributed by atoms with Gasteiger partial charge in [-0.05, 0) is 49.2 Å². The van der Waals surface area contributed by atoms with Crippen molar-refractivity contribution < 1.29 is 9.50 Å².